The Hall–Kier alpha value is -7.28. The van der Waals surface area contributed by atoms with Crippen LogP contribution in [0, 0.1) is 29.6 Å². The second kappa shape index (κ2) is 18.9. The Labute approximate surface area is 472 Å². The third-order valence-electron chi connectivity index (χ3n) is 22.6. The van der Waals surface area contributed by atoms with E-state index in [-0.39, 0.29) is 5.41 Å². The summed E-state index contributed by atoms with van der Waals surface area (Å²) in [7, 11) is 0. The summed E-state index contributed by atoms with van der Waals surface area (Å²) in [6.07, 6.45) is 28.0. The van der Waals surface area contributed by atoms with E-state index in [1.54, 1.807) is 33.2 Å². The number of hydrogen-bond donors (Lipinski definition) is 0. The highest BCUT2D eigenvalue weighted by molar-refractivity contribution is 6.15. The normalized spacial score (nSPS) is 24.9. The molecule has 3 saturated carbocycles. The van der Waals surface area contributed by atoms with Crippen LogP contribution in [0.4, 0.5) is 0 Å². The number of aryl methyl sites for hydroxylation is 2. The van der Waals surface area contributed by atoms with Crippen molar-refractivity contribution >= 4 is 81.0 Å². The van der Waals surface area contributed by atoms with Crippen LogP contribution in [0.25, 0.3) is 92.1 Å². The highest BCUT2D eigenvalue weighted by Crippen LogP contribution is 2.65. The lowest BCUT2D eigenvalue weighted by Crippen LogP contribution is -2.52. The molecule has 392 valence electrons. The Morgan fingerprint density at radius 2 is 1.04 bits per heavy atom. The Morgan fingerprint density at radius 1 is 0.400 bits per heavy atom. The largest absolute Gasteiger partial charge is 0.0836 e. The van der Waals surface area contributed by atoms with E-state index in [2.05, 4.69) is 194 Å². The molecule has 0 heterocycles. The van der Waals surface area contributed by atoms with E-state index in [1.807, 2.05) is 0 Å². The summed E-state index contributed by atoms with van der Waals surface area (Å²) in [6.45, 7) is 0. The quantitative estimate of drug-likeness (QED) is 0.122. The van der Waals surface area contributed by atoms with Gasteiger partial charge in [-0.3, -0.25) is 0 Å². The van der Waals surface area contributed by atoms with Crippen molar-refractivity contribution in [1.82, 2.24) is 0 Å². The van der Waals surface area contributed by atoms with Crippen molar-refractivity contribution in [3.05, 3.63) is 233 Å². The zero-order chi connectivity index (χ0) is 52.5. The third-order valence-corrected chi connectivity index (χ3v) is 22.6. The van der Waals surface area contributed by atoms with Gasteiger partial charge in [-0.15, -0.1) is 0 Å². The molecule has 18 rings (SSSR count). The number of rotatable bonds is 3. The van der Waals surface area contributed by atoms with Gasteiger partial charge in [-0.2, -0.15) is 0 Å². The fraction of sp³-hybridized carbons (Fsp3) is 0.300. The number of fused-ring (bicyclic) bond motifs is 16. The van der Waals surface area contributed by atoms with E-state index in [0.717, 1.165) is 36.0 Å². The van der Waals surface area contributed by atoms with Crippen molar-refractivity contribution in [3.63, 3.8) is 0 Å². The van der Waals surface area contributed by atoms with Crippen LogP contribution in [0.5, 0.6) is 0 Å². The highest BCUT2D eigenvalue weighted by Gasteiger charge is 2.57. The van der Waals surface area contributed by atoms with Crippen LogP contribution < -0.4 is 0 Å². The van der Waals surface area contributed by atoms with Crippen LogP contribution in [0.1, 0.15) is 129 Å². The van der Waals surface area contributed by atoms with Gasteiger partial charge in [0, 0.05) is 5.41 Å². The molecule has 7 aliphatic rings. The Kier molecular flexibility index (Phi) is 11.2. The molecule has 0 N–H and O–H groups in total. The predicted octanol–water partition coefficient (Wildman–Crippen LogP) is 21.7. The average molecular weight is 1030 g/mol. The molecule has 11 aromatic rings. The molecule has 0 heteroatoms. The molecule has 7 atom stereocenters. The summed E-state index contributed by atoms with van der Waals surface area (Å²) >= 11 is 0. The molecule has 0 spiro atoms. The van der Waals surface area contributed by atoms with E-state index in [4.69, 9.17) is 0 Å². The number of hydrogen-bond acceptors (Lipinski definition) is 0. The molecular formula is C80H72. The SMILES string of the molecule is C1=CC2=C(CC1)CCc1c2ccc2c(-c3cccc4c3ccc3ccccc34)cccc12.c1ccc2c3c4c(cccc4cc2c1)CC3C1(C2CCCC3CC4CCCCC4CC32)CCCc2c1ccc1c2ccc2ccccc21. The van der Waals surface area contributed by atoms with Crippen molar-refractivity contribution in [1.29, 1.82) is 0 Å². The zero-order valence-corrected chi connectivity index (χ0v) is 46.5. The maximum atomic E-state index is 2.70. The topological polar surface area (TPSA) is 0 Å². The van der Waals surface area contributed by atoms with Gasteiger partial charge in [0.1, 0.15) is 0 Å². The lowest BCUT2D eigenvalue weighted by atomic mass is 9.46. The van der Waals surface area contributed by atoms with Gasteiger partial charge in [0.15, 0.2) is 0 Å². The minimum absolute atomic E-state index is 0.175. The van der Waals surface area contributed by atoms with Gasteiger partial charge in [-0.05, 0) is 238 Å². The fourth-order valence-electron chi connectivity index (χ4n) is 19.4. The molecule has 7 unspecified atom stereocenters. The summed E-state index contributed by atoms with van der Waals surface area (Å²) in [5, 5.41) is 19.9. The van der Waals surface area contributed by atoms with Crippen molar-refractivity contribution in [2.45, 2.75) is 120 Å². The molecule has 0 bridgehead atoms. The van der Waals surface area contributed by atoms with E-state index >= 15 is 0 Å². The first-order valence-electron chi connectivity index (χ1n) is 31.4. The molecule has 0 aliphatic heterocycles. The van der Waals surface area contributed by atoms with E-state index in [9.17, 15) is 0 Å². The second-order valence-corrected chi connectivity index (χ2v) is 26.0. The zero-order valence-electron chi connectivity index (χ0n) is 46.5. The van der Waals surface area contributed by atoms with E-state index < -0.39 is 0 Å². The molecule has 0 amide bonds. The fourth-order valence-corrected chi connectivity index (χ4v) is 19.4. The Morgan fingerprint density at radius 3 is 1.86 bits per heavy atom. The average Bonchev–Trinajstić information content (AvgIpc) is 3.96. The van der Waals surface area contributed by atoms with Crippen LogP contribution in [-0.4, -0.2) is 0 Å². The molecule has 11 aromatic carbocycles. The lowest BCUT2D eigenvalue weighted by molar-refractivity contribution is -0.0241. The Bertz CT molecular complexity index is 4410. The van der Waals surface area contributed by atoms with E-state index in [1.165, 1.54) is 201 Å². The highest BCUT2D eigenvalue weighted by atomic mass is 14.6. The van der Waals surface area contributed by atoms with Crippen molar-refractivity contribution in [3.8, 4) is 11.1 Å². The van der Waals surface area contributed by atoms with Gasteiger partial charge in [-0.25, -0.2) is 0 Å². The first-order chi connectivity index (χ1) is 39.7. The van der Waals surface area contributed by atoms with Crippen LogP contribution in [-0.2, 0) is 24.7 Å². The monoisotopic (exact) mass is 1030 g/mol. The first kappa shape index (κ1) is 47.5. The van der Waals surface area contributed by atoms with Crippen molar-refractivity contribution in [2.75, 3.05) is 0 Å². The summed E-state index contributed by atoms with van der Waals surface area (Å²) in [5.74, 6) is 5.11. The summed E-state index contributed by atoms with van der Waals surface area (Å²) in [4.78, 5) is 0. The van der Waals surface area contributed by atoms with Gasteiger partial charge < -0.3 is 0 Å². The minimum atomic E-state index is 0.175. The summed E-state index contributed by atoms with van der Waals surface area (Å²) < 4.78 is 0. The molecule has 80 heavy (non-hydrogen) atoms. The molecule has 0 nitrogen and oxygen atoms in total. The van der Waals surface area contributed by atoms with Gasteiger partial charge in [-0.1, -0.05) is 232 Å². The van der Waals surface area contributed by atoms with Gasteiger partial charge in [0.2, 0.25) is 0 Å². The summed E-state index contributed by atoms with van der Waals surface area (Å²) in [5.41, 5.74) is 15.7. The number of benzene rings is 11. The van der Waals surface area contributed by atoms with Crippen LogP contribution in [0.2, 0.25) is 0 Å². The molecule has 7 aliphatic carbocycles. The maximum Gasteiger partial charge on any atom is 0.00592 e. The maximum absolute atomic E-state index is 2.70. The van der Waals surface area contributed by atoms with Crippen molar-refractivity contribution < 1.29 is 0 Å². The third kappa shape index (κ3) is 7.25. The summed E-state index contributed by atoms with van der Waals surface area (Å²) in [6, 6.07) is 70.0. The van der Waals surface area contributed by atoms with E-state index in [0.29, 0.717) is 5.92 Å². The smallest absolute Gasteiger partial charge is 0.00592 e. The second-order valence-electron chi connectivity index (χ2n) is 26.0. The lowest BCUT2D eigenvalue weighted by Gasteiger charge is -2.58. The van der Waals surface area contributed by atoms with Gasteiger partial charge in [0.05, 0.1) is 0 Å². The predicted molar refractivity (Wildman–Crippen MR) is 341 cm³/mol. The minimum Gasteiger partial charge on any atom is -0.0836 e. The molecule has 3 fully saturated rings. The van der Waals surface area contributed by atoms with Crippen LogP contribution in [0.3, 0.4) is 0 Å². The molecule has 0 saturated heterocycles. The molecule has 0 aromatic heterocycles. The van der Waals surface area contributed by atoms with Crippen LogP contribution >= 0.6 is 0 Å². The first-order valence-corrected chi connectivity index (χ1v) is 31.4. The van der Waals surface area contributed by atoms with Gasteiger partial charge in [0.25, 0.3) is 0 Å². The molecular weight excluding hydrogens is 961 g/mol. The standard InChI is InChI=1S/C48H48.C32H24/c1-2-12-32-28-42-34(26-31(32)11-1)14-8-20-43(42)48(45-29-36-16-7-15-35-27-33-13-4-6-18-38(33)47(45)46(35)36)25-9-19-41-40-22-21-30-10-3-5-17-37(30)39(40)23-24-44(41)48;1-3-9-23-21(7-1)15-17-30-25(23)11-5-12-26(30)27-13-6-14-28-31-18-16-22-8-2-4-10-24(22)29(31)19-20-32(27)28/h3-7,10,13,15-18,21-24,27,31-32,34,42-43,45H,1-2,8-9,11-12,14,19-20,25-26,28-29H2;1,3-7,9-15,17,19-20H,2,8,16,18H2. The van der Waals surface area contributed by atoms with Crippen LogP contribution in [0.15, 0.2) is 200 Å². The van der Waals surface area contributed by atoms with Gasteiger partial charge >= 0.3 is 0 Å². The Balaban J connectivity index is 0.000000139. The number of allylic oxidation sites excluding steroid dienone is 4. The molecule has 0 radical (unpaired) electrons. The van der Waals surface area contributed by atoms with Crippen molar-refractivity contribution in [2.24, 2.45) is 29.6 Å².